The zero-order valence-electron chi connectivity index (χ0n) is 11.2. The lowest BCUT2D eigenvalue weighted by Gasteiger charge is -2.08. The molecule has 1 aliphatic heterocycles. The highest BCUT2D eigenvalue weighted by Crippen LogP contribution is 2.17. The van der Waals surface area contributed by atoms with Gasteiger partial charge in [0.1, 0.15) is 18.2 Å². The normalized spacial score (nSPS) is 17.0. The van der Waals surface area contributed by atoms with Crippen molar-refractivity contribution in [1.29, 1.82) is 0 Å². The van der Waals surface area contributed by atoms with Crippen LogP contribution in [0.4, 0.5) is 0 Å². The van der Waals surface area contributed by atoms with E-state index in [1.807, 2.05) is 4.57 Å². The van der Waals surface area contributed by atoms with Crippen molar-refractivity contribution in [3.63, 3.8) is 0 Å². The first-order valence-electron chi connectivity index (χ1n) is 6.53. The molecule has 2 aromatic rings. The van der Waals surface area contributed by atoms with E-state index in [-0.39, 0.29) is 18.1 Å². The number of hydrogen-bond donors (Lipinski definition) is 0. The van der Waals surface area contributed by atoms with Crippen molar-refractivity contribution in [2.24, 2.45) is 0 Å². The summed E-state index contributed by atoms with van der Waals surface area (Å²) in [7, 11) is -2.99. The van der Waals surface area contributed by atoms with Crippen molar-refractivity contribution in [3.05, 3.63) is 40.9 Å². The molecule has 0 aliphatic carbocycles. The Bertz CT molecular complexity index is 741. The van der Waals surface area contributed by atoms with Gasteiger partial charge in [-0.2, -0.15) is 0 Å². The molecule has 0 spiro atoms. The molecule has 6 nitrogen and oxygen atoms in total. The summed E-state index contributed by atoms with van der Waals surface area (Å²) in [6.07, 6.45) is 0.399. The maximum absolute atomic E-state index is 11.7. The van der Waals surface area contributed by atoms with Gasteiger partial charge in [-0.1, -0.05) is 11.6 Å². The molecular weight excluding hydrogens is 314 g/mol. The largest absolute Gasteiger partial charge is 0.486 e. The van der Waals surface area contributed by atoms with E-state index in [4.69, 9.17) is 16.3 Å². The molecule has 0 bridgehead atoms. The molecule has 0 radical (unpaired) electrons. The van der Waals surface area contributed by atoms with Gasteiger partial charge in [-0.15, -0.1) is 10.2 Å². The van der Waals surface area contributed by atoms with Crippen LogP contribution in [0.5, 0.6) is 5.75 Å². The van der Waals surface area contributed by atoms with Crippen LogP contribution in [0.3, 0.4) is 0 Å². The molecule has 0 fully saturated rings. The molecule has 0 atom stereocenters. The van der Waals surface area contributed by atoms with Crippen molar-refractivity contribution in [1.82, 2.24) is 14.8 Å². The first-order chi connectivity index (χ1) is 10.0. The highest BCUT2D eigenvalue weighted by atomic mass is 35.5. The Morgan fingerprint density at radius 3 is 2.71 bits per heavy atom. The van der Waals surface area contributed by atoms with Gasteiger partial charge < -0.3 is 9.30 Å². The molecule has 0 N–H and O–H groups in total. The summed E-state index contributed by atoms with van der Waals surface area (Å²) < 4.78 is 30.8. The molecule has 1 aliphatic rings. The van der Waals surface area contributed by atoms with Crippen molar-refractivity contribution in [2.45, 2.75) is 19.6 Å². The number of fused-ring (bicyclic) bond motifs is 1. The van der Waals surface area contributed by atoms with Gasteiger partial charge in [-0.25, -0.2) is 8.42 Å². The van der Waals surface area contributed by atoms with Gasteiger partial charge in [-0.05, 0) is 24.3 Å². The van der Waals surface area contributed by atoms with Crippen molar-refractivity contribution in [3.8, 4) is 5.75 Å². The SMILES string of the molecule is O=S1(=O)CCc2nnc(COc3ccc(Cl)cc3)n2CC1. The summed E-state index contributed by atoms with van der Waals surface area (Å²) in [6, 6.07) is 7.03. The fourth-order valence-corrected chi connectivity index (χ4v) is 3.46. The van der Waals surface area contributed by atoms with Gasteiger partial charge in [0.2, 0.25) is 0 Å². The van der Waals surface area contributed by atoms with Crippen LogP contribution in [0.2, 0.25) is 5.02 Å². The lowest BCUT2D eigenvalue weighted by atomic mass is 10.3. The first-order valence-corrected chi connectivity index (χ1v) is 8.73. The van der Waals surface area contributed by atoms with Gasteiger partial charge in [-0.3, -0.25) is 0 Å². The molecule has 8 heteroatoms. The number of nitrogens with zero attached hydrogens (tertiary/aromatic N) is 3. The average Bonchev–Trinajstić information content (AvgIpc) is 2.78. The molecule has 3 rings (SSSR count). The Balaban J connectivity index is 1.73. The van der Waals surface area contributed by atoms with E-state index in [1.165, 1.54) is 0 Å². The second-order valence-electron chi connectivity index (χ2n) is 4.83. The number of sulfone groups is 1. The van der Waals surface area contributed by atoms with E-state index in [0.29, 0.717) is 35.4 Å². The lowest BCUT2D eigenvalue weighted by molar-refractivity contribution is 0.289. The van der Waals surface area contributed by atoms with Crippen LogP contribution in [-0.2, 0) is 29.4 Å². The predicted molar refractivity (Wildman–Crippen MR) is 78.2 cm³/mol. The van der Waals surface area contributed by atoms with Crippen LogP contribution in [0, 0.1) is 0 Å². The Hall–Kier alpha value is -1.60. The van der Waals surface area contributed by atoms with Crippen LogP contribution in [0.25, 0.3) is 0 Å². The maximum atomic E-state index is 11.7. The molecule has 2 heterocycles. The number of ether oxygens (including phenoxy) is 1. The van der Waals surface area contributed by atoms with E-state index in [2.05, 4.69) is 10.2 Å². The maximum Gasteiger partial charge on any atom is 0.171 e. The molecule has 0 unspecified atom stereocenters. The van der Waals surface area contributed by atoms with Crippen molar-refractivity contribution in [2.75, 3.05) is 11.5 Å². The average molecular weight is 328 g/mol. The number of hydrogen-bond acceptors (Lipinski definition) is 5. The Labute approximate surface area is 127 Å². The second-order valence-corrected chi connectivity index (χ2v) is 7.57. The summed E-state index contributed by atoms with van der Waals surface area (Å²) >= 11 is 5.81. The number of benzene rings is 1. The van der Waals surface area contributed by atoms with E-state index in [1.54, 1.807) is 24.3 Å². The van der Waals surface area contributed by atoms with E-state index in [9.17, 15) is 8.42 Å². The van der Waals surface area contributed by atoms with Gasteiger partial charge in [0, 0.05) is 18.0 Å². The van der Waals surface area contributed by atoms with Crippen LogP contribution < -0.4 is 4.74 Å². The van der Waals surface area contributed by atoms with Crippen LogP contribution >= 0.6 is 11.6 Å². The van der Waals surface area contributed by atoms with E-state index in [0.717, 1.165) is 0 Å². The summed E-state index contributed by atoms with van der Waals surface area (Å²) in [5.74, 6) is 2.26. The quantitative estimate of drug-likeness (QED) is 0.853. The monoisotopic (exact) mass is 327 g/mol. The third-order valence-electron chi connectivity index (χ3n) is 3.35. The Morgan fingerprint density at radius 1 is 1.19 bits per heavy atom. The standard InChI is InChI=1S/C13H14ClN3O3S/c14-10-1-3-11(4-2-10)20-9-13-16-15-12-5-7-21(18,19)8-6-17(12)13/h1-4H,5-9H2. The second kappa shape index (κ2) is 5.65. The fraction of sp³-hybridized carbons (Fsp3) is 0.385. The summed E-state index contributed by atoms with van der Waals surface area (Å²) in [4.78, 5) is 0. The van der Waals surface area contributed by atoms with E-state index >= 15 is 0 Å². The third-order valence-corrected chi connectivity index (χ3v) is 5.23. The zero-order chi connectivity index (χ0) is 14.9. The molecule has 0 saturated heterocycles. The van der Waals surface area contributed by atoms with Gasteiger partial charge in [0.25, 0.3) is 0 Å². The molecule has 0 amide bonds. The third kappa shape index (κ3) is 3.36. The summed E-state index contributed by atoms with van der Waals surface area (Å²) in [6.45, 7) is 0.624. The molecule has 112 valence electrons. The molecule has 1 aromatic heterocycles. The molecule has 0 saturated carbocycles. The smallest absolute Gasteiger partial charge is 0.171 e. The summed E-state index contributed by atoms with van der Waals surface area (Å²) in [5.41, 5.74) is 0. The van der Waals surface area contributed by atoms with Crippen LogP contribution in [-0.4, -0.2) is 34.7 Å². The van der Waals surface area contributed by atoms with Gasteiger partial charge in [0.15, 0.2) is 15.7 Å². The summed E-state index contributed by atoms with van der Waals surface area (Å²) in [5, 5.41) is 8.79. The van der Waals surface area contributed by atoms with Crippen LogP contribution in [0.1, 0.15) is 11.6 Å². The predicted octanol–water partition coefficient (Wildman–Crippen LogP) is 1.48. The fourth-order valence-electron chi connectivity index (χ4n) is 2.18. The molecule has 21 heavy (non-hydrogen) atoms. The first kappa shape index (κ1) is 14.3. The highest BCUT2D eigenvalue weighted by molar-refractivity contribution is 7.91. The van der Waals surface area contributed by atoms with Crippen molar-refractivity contribution < 1.29 is 13.2 Å². The number of halogens is 1. The Morgan fingerprint density at radius 2 is 1.95 bits per heavy atom. The minimum Gasteiger partial charge on any atom is -0.486 e. The molecular formula is C13H14ClN3O3S. The minimum absolute atomic E-state index is 0.117. The number of aromatic nitrogens is 3. The molecule has 1 aromatic carbocycles. The minimum atomic E-state index is -2.99. The van der Waals surface area contributed by atoms with E-state index < -0.39 is 9.84 Å². The van der Waals surface area contributed by atoms with Gasteiger partial charge >= 0.3 is 0 Å². The lowest BCUT2D eigenvalue weighted by Crippen LogP contribution is -2.14. The van der Waals surface area contributed by atoms with Crippen molar-refractivity contribution >= 4 is 21.4 Å². The number of aryl methyl sites for hydroxylation is 1. The zero-order valence-corrected chi connectivity index (χ0v) is 12.8. The highest BCUT2D eigenvalue weighted by Gasteiger charge is 2.22. The van der Waals surface area contributed by atoms with Crippen LogP contribution in [0.15, 0.2) is 24.3 Å². The van der Waals surface area contributed by atoms with Gasteiger partial charge in [0.05, 0.1) is 11.5 Å². The Kier molecular flexibility index (Phi) is 3.86. The topological polar surface area (TPSA) is 74.1 Å². The number of rotatable bonds is 3.